The average molecular weight is 339 g/mol. The van der Waals surface area contributed by atoms with Crippen molar-refractivity contribution in [1.29, 1.82) is 0 Å². The largest absolute Gasteiger partial charge is 0.497 e. The van der Waals surface area contributed by atoms with Crippen molar-refractivity contribution in [3.63, 3.8) is 0 Å². The van der Waals surface area contributed by atoms with Gasteiger partial charge in [-0.2, -0.15) is 0 Å². The zero-order chi connectivity index (χ0) is 14.5. The summed E-state index contributed by atoms with van der Waals surface area (Å²) in [6, 6.07) is 8.91. The summed E-state index contributed by atoms with van der Waals surface area (Å²) in [4.78, 5) is 11.9. The molecule has 0 saturated heterocycles. The second-order valence-electron chi connectivity index (χ2n) is 4.24. The molecule has 0 saturated carbocycles. The van der Waals surface area contributed by atoms with Crippen LogP contribution in [0.15, 0.2) is 39.5 Å². The molecular formula is C15H15BrO4. The fourth-order valence-corrected chi connectivity index (χ4v) is 2.14. The summed E-state index contributed by atoms with van der Waals surface area (Å²) in [5.41, 5.74) is 0.781. The van der Waals surface area contributed by atoms with E-state index in [-0.39, 0.29) is 11.2 Å². The second kappa shape index (κ2) is 6.61. The van der Waals surface area contributed by atoms with Gasteiger partial charge in [-0.25, -0.2) is 0 Å². The lowest BCUT2D eigenvalue weighted by Gasteiger charge is -2.09. The molecule has 0 atom stereocenters. The predicted molar refractivity (Wildman–Crippen MR) is 79.7 cm³/mol. The van der Waals surface area contributed by atoms with Crippen molar-refractivity contribution in [3.05, 3.63) is 57.6 Å². The molecule has 1 aromatic heterocycles. The monoisotopic (exact) mass is 338 g/mol. The first kappa shape index (κ1) is 14.7. The fraction of sp³-hybridized carbons (Fsp3) is 0.267. The van der Waals surface area contributed by atoms with Gasteiger partial charge in [0, 0.05) is 6.07 Å². The van der Waals surface area contributed by atoms with Crippen LogP contribution >= 0.6 is 15.9 Å². The van der Waals surface area contributed by atoms with Crippen LogP contribution in [0.1, 0.15) is 17.1 Å². The molecule has 0 radical (unpaired) electrons. The SMILES string of the molecule is COc1ccc(COc2c(CBr)oc(C)cc2=O)cc1. The molecule has 0 aliphatic rings. The van der Waals surface area contributed by atoms with Crippen LogP contribution in [-0.4, -0.2) is 7.11 Å². The Morgan fingerprint density at radius 1 is 1.25 bits per heavy atom. The maximum Gasteiger partial charge on any atom is 0.227 e. The van der Waals surface area contributed by atoms with Gasteiger partial charge in [0.1, 0.15) is 18.1 Å². The Morgan fingerprint density at radius 3 is 2.55 bits per heavy atom. The smallest absolute Gasteiger partial charge is 0.227 e. The first-order chi connectivity index (χ1) is 9.63. The number of aryl methyl sites for hydroxylation is 1. The summed E-state index contributed by atoms with van der Waals surface area (Å²) in [6.07, 6.45) is 0. The normalized spacial score (nSPS) is 10.3. The van der Waals surface area contributed by atoms with Gasteiger partial charge in [-0.1, -0.05) is 28.1 Å². The first-order valence-corrected chi connectivity index (χ1v) is 7.21. The van der Waals surface area contributed by atoms with Crippen molar-refractivity contribution in [2.24, 2.45) is 0 Å². The van der Waals surface area contributed by atoms with Crippen LogP contribution in [0, 0.1) is 6.92 Å². The lowest BCUT2D eigenvalue weighted by Crippen LogP contribution is -2.10. The van der Waals surface area contributed by atoms with E-state index in [0.717, 1.165) is 11.3 Å². The number of ether oxygens (including phenoxy) is 2. The van der Waals surface area contributed by atoms with Crippen molar-refractivity contribution >= 4 is 15.9 Å². The molecule has 0 aliphatic heterocycles. The van der Waals surface area contributed by atoms with E-state index in [4.69, 9.17) is 13.9 Å². The van der Waals surface area contributed by atoms with Gasteiger partial charge < -0.3 is 13.9 Å². The highest BCUT2D eigenvalue weighted by molar-refractivity contribution is 9.08. The molecular weight excluding hydrogens is 324 g/mol. The zero-order valence-electron chi connectivity index (χ0n) is 11.3. The molecule has 20 heavy (non-hydrogen) atoms. The molecule has 2 aromatic rings. The number of benzene rings is 1. The number of methoxy groups -OCH3 is 1. The minimum atomic E-state index is -0.170. The molecule has 0 unspecified atom stereocenters. The molecule has 0 spiro atoms. The van der Waals surface area contributed by atoms with Crippen molar-refractivity contribution in [2.75, 3.05) is 7.11 Å². The summed E-state index contributed by atoms with van der Waals surface area (Å²) in [7, 11) is 1.62. The third-order valence-corrected chi connectivity index (χ3v) is 3.27. The minimum absolute atomic E-state index is 0.170. The molecule has 0 N–H and O–H groups in total. The predicted octanol–water partition coefficient (Wildman–Crippen LogP) is 3.43. The number of alkyl halides is 1. The molecule has 2 rings (SSSR count). The number of hydrogen-bond acceptors (Lipinski definition) is 4. The van der Waals surface area contributed by atoms with E-state index < -0.39 is 0 Å². The van der Waals surface area contributed by atoms with Crippen LogP contribution in [0.2, 0.25) is 0 Å². The Bertz CT molecular complexity index is 631. The second-order valence-corrected chi connectivity index (χ2v) is 4.80. The van der Waals surface area contributed by atoms with E-state index >= 15 is 0 Å². The Morgan fingerprint density at radius 2 is 1.95 bits per heavy atom. The van der Waals surface area contributed by atoms with Crippen LogP contribution in [0.4, 0.5) is 0 Å². The first-order valence-electron chi connectivity index (χ1n) is 6.09. The minimum Gasteiger partial charge on any atom is -0.497 e. The lowest BCUT2D eigenvalue weighted by molar-refractivity contribution is 0.284. The van der Waals surface area contributed by atoms with Crippen LogP contribution in [0.25, 0.3) is 0 Å². The van der Waals surface area contributed by atoms with Gasteiger partial charge in [0.05, 0.1) is 12.4 Å². The third kappa shape index (κ3) is 3.42. The molecule has 106 valence electrons. The highest BCUT2D eigenvalue weighted by Gasteiger charge is 2.11. The van der Waals surface area contributed by atoms with Crippen molar-refractivity contribution in [1.82, 2.24) is 0 Å². The maximum atomic E-state index is 11.9. The standard InChI is InChI=1S/C15H15BrO4/c1-10-7-13(17)15(14(8-16)20-10)19-9-11-3-5-12(18-2)6-4-11/h3-7H,8-9H2,1-2H3. The summed E-state index contributed by atoms with van der Waals surface area (Å²) in [5.74, 6) is 2.11. The fourth-order valence-electron chi connectivity index (χ4n) is 1.77. The number of halogens is 1. The van der Waals surface area contributed by atoms with E-state index in [1.807, 2.05) is 24.3 Å². The molecule has 1 aromatic carbocycles. The van der Waals surface area contributed by atoms with Gasteiger partial charge in [-0.15, -0.1) is 0 Å². The van der Waals surface area contributed by atoms with Gasteiger partial charge >= 0.3 is 0 Å². The molecule has 4 nitrogen and oxygen atoms in total. The van der Waals surface area contributed by atoms with Crippen LogP contribution in [-0.2, 0) is 11.9 Å². The lowest BCUT2D eigenvalue weighted by atomic mass is 10.2. The highest BCUT2D eigenvalue weighted by Crippen LogP contribution is 2.20. The summed E-state index contributed by atoms with van der Waals surface area (Å²) in [6.45, 7) is 2.04. The average Bonchev–Trinajstić information content (AvgIpc) is 2.46. The van der Waals surface area contributed by atoms with Crippen LogP contribution in [0.3, 0.4) is 0 Å². The molecule has 0 fully saturated rings. The van der Waals surface area contributed by atoms with Crippen molar-refractivity contribution in [3.8, 4) is 11.5 Å². The molecule has 5 heteroatoms. The Hall–Kier alpha value is -1.75. The molecule has 0 amide bonds. The Balaban J connectivity index is 2.16. The maximum absolute atomic E-state index is 11.9. The van der Waals surface area contributed by atoms with E-state index in [1.165, 1.54) is 6.07 Å². The summed E-state index contributed by atoms with van der Waals surface area (Å²) >= 11 is 3.29. The van der Waals surface area contributed by atoms with E-state index in [1.54, 1.807) is 14.0 Å². The zero-order valence-corrected chi connectivity index (χ0v) is 12.9. The van der Waals surface area contributed by atoms with Crippen LogP contribution in [0.5, 0.6) is 11.5 Å². The Labute approximate surface area is 125 Å². The Kier molecular flexibility index (Phi) is 4.84. The van der Waals surface area contributed by atoms with Gasteiger partial charge in [0.15, 0.2) is 5.76 Å². The van der Waals surface area contributed by atoms with E-state index in [0.29, 0.717) is 23.5 Å². The number of hydrogen-bond donors (Lipinski definition) is 0. The summed E-state index contributed by atoms with van der Waals surface area (Å²) in [5, 5.41) is 0.432. The third-order valence-electron chi connectivity index (χ3n) is 2.76. The summed E-state index contributed by atoms with van der Waals surface area (Å²) < 4.78 is 16.2. The van der Waals surface area contributed by atoms with E-state index in [9.17, 15) is 4.79 Å². The topological polar surface area (TPSA) is 48.7 Å². The van der Waals surface area contributed by atoms with Crippen molar-refractivity contribution in [2.45, 2.75) is 18.9 Å². The molecule has 1 heterocycles. The molecule has 0 aliphatic carbocycles. The van der Waals surface area contributed by atoms with Gasteiger partial charge in [-0.05, 0) is 24.6 Å². The van der Waals surface area contributed by atoms with Crippen molar-refractivity contribution < 1.29 is 13.9 Å². The number of rotatable bonds is 5. The highest BCUT2D eigenvalue weighted by atomic mass is 79.9. The van der Waals surface area contributed by atoms with Crippen LogP contribution < -0.4 is 14.9 Å². The van der Waals surface area contributed by atoms with Gasteiger partial charge in [0.25, 0.3) is 0 Å². The quantitative estimate of drug-likeness (QED) is 0.783. The van der Waals surface area contributed by atoms with Gasteiger partial charge in [-0.3, -0.25) is 4.79 Å². The van der Waals surface area contributed by atoms with Gasteiger partial charge in [0.2, 0.25) is 11.2 Å². The molecule has 0 bridgehead atoms. The van der Waals surface area contributed by atoms with E-state index in [2.05, 4.69) is 15.9 Å².